The van der Waals surface area contributed by atoms with Gasteiger partial charge >= 0.3 is 12.4 Å². The molecule has 2 aromatic carbocycles. The second kappa shape index (κ2) is 10.8. The van der Waals surface area contributed by atoms with E-state index < -0.39 is 47.4 Å². The Morgan fingerprint density at radius 3 is 2.11 bits per heavy atom. The highest BCUT2D eigenvalue weighted by Gasteiger charge is 2.40. The summed E-state index contributed by atoms with van der Waals surface area (Å²) in [6.07, 6.45) is -9.35. The van der Waals surface area contributed by atoms with Gasteiger partial charge in [-0.3, -0.25) is 4.79 Å². The van der Waals surface area contributed by atoms with Crippen molar-refractivity contribution in [3.05, 3.63) is 70.5 Å². The van der Waals surface area contributed by atoms with E-state index in [1.165, 1.54) is 19.1 Å². The SMILES string of the molecule is C[C@@H](O[C@H]1CCN(C(=O)[C@H]2CC[C@@H](N)C2)C[C@@H]1c1ccc(F)cc1)c1cc(C(F)(F)F)cc(C(F)(F)F)c1. The molecule has 1 saturated carbocycles. The lowest BCUT2D eigenvalue weighted by Crippen LogP contribution is -2.47. The highest BCUT2D eigenvalue weighted by Crippen LogP contribution is 2.40. The van der Waals surface area contributed by atoms with Crippen molar-refractivity contribution in [3.8, 4) is 0 Å². The molecule has 11 heteroatoms. The van der Waals surface area contributed by atoms with Crippen LogP contribution in [0.5, 0.6) is 0 Å². The van der Waals surface area contributed by atoms with E-state index in [0.717, 1.165) is 6.42 Å². The fourth-order valence-electron chi connectivity index (χ4n) is 5.38. The fourth-order valence-corrected chi connectivity index (χ4v) is 5.38. The van der Waals surface area contributed by atoms with Crippen molar-refractivity contribution in [1.82, 2.24) is 4.90 Å². The summed E-state index contributed by atoms with van der Waals surface area (Å²) in [7, 11) is 0. The van der Waals surface area contributed by atoms with Crippen LogP contribution in [0.25, 0.3) is 0 Å². The van der Waals surface area contributed by atoms with E-state index in [2.05, 4.69) is 0 Å². The summed E-state index contributed by atoms with van der Waals surface area (Å²) in [5.41, 5.74) is 3.53. The summed E-state index contributed by atoms with van der Waals surface area (Å²) in [6.45, 7) is 1.94. The van der Waals surface area contributed by atoms with E-state index in [9.17, 15) is 35.5 Å². The molecule has 1 amide bonds. The van der Waals surface area contributed by atoms with E-state index in [0.29, 0.717) is 43.5 Å². The van der Waals surface area contributed by atoms with E-state index in [1.807, 2.05) is 0 Å². The Morgan fingerprint density at radius 2 is 1.58 bits per heavy atom. The fraction of sp³-hybridized carbons (Fsp3) is 0.519. The highest BCUT2D eigenvalue weighted by atomic mass is 19.4. The number of nitrogens with two attached hydrogens (primary N) is 1. The number of carbonyl (C=O) groups excluding carboxylic acids is 1. The number of hydrogen-bond donors (Lipinski definition) is 1. The minimum Gasteiger partial charge on any atom is -0.370 e. The highest BCUT2D eigenvalue weighted by molar-refractivity contribution is 5.79. The number of rotatable bonds is 5. The normalized spacial score (nSPS) is 25.4. The molecule has 38 heavy (non-hydrogen) atoms. The van der Waals surface area contributed by atoms with Crippen LogP contribution in [0.3, 0.4) is 0 Å². The first-order valence-corrected chi connectivity index (χ1v) is 12.5. The molecule has 0 unspecified atom stereocenters. The molecule has 208 valence electrons. The van der Waals surface area contributed by atoms with E-state index in [-0.39, 0.29) is 36.0 Å². The average molecular weight is 547 g/mol. The zero-order valence-corrected chi connectivity index (χ0v) is 20.7. The second-order valence-corrected chi connectivity index (χ2v) is 10.2. The molecule has 2 aromatic rings. The molecule has 0 spiro atoms. The van der Waals surface area contributed by atoms with Gasteiger partial charge in [0.2, 0.25) is 5.91 Å². The maximum absolute atomic E-state index is 13.6. The van der Waals surface area contributed by atoms with Gasteiger partial charge in [0.15, 0.2) is 0 Å². The molecular weight excluding hydrogens is 517 g/mol. The van der Waals surface area contributed by atoms with Crippen LogP contribution in [0.2, 0.25) is 0 Å². The lowest BCUT2D eigenvalue weighted by Gasteiger charge is -2.41. The number of hydrogen-bond acceptors (Lipinski definition) is 3. The van der Waals surface area contributed by atoms with Gasteiger partial charge in [-0.2, -0.15) is 26.3 Å². The molecule has 2 aliphatic rings. The molecule has 0 radical (unpaired) electrons. The molecule has 1 aliphatic carbocycles. The van der Waals surface area contributed by atoms with Crippen molar-refractivity contribution in [2.45, 2.75) is 69.1 Å². The van der Waals surface area contributed by atoms with Gasteiger partial charge in [-0.25, -0.2) is 4.39 Å². The number of halogens is 7. The minimum absolute atomic E-state index is 0.0346. The maximum atomic E-state index is 13.6. The number of amides is 1. The molecule has 0 bridgehead atoms. The molecule has 2 N–H and O–H groups in total. The zero-order valence-electron chi connectivity index (χ0n) is 20.7. The molecule has 5 atom stereocenters. The van der Waals surface area contributed by atoms with Crippen LogP contribution in [0.1, 0.15) is 66.9 Å². The minimum atomic E-state index is -4.97. The predicted octanol–water partition coefficient (Wildman–Crippen LogP) is 6.45. The lowest BCUT2D eigenvalue weighted by molar-refractivity contribution is -0.143. The molecule has 1 aliphatic heterocycles. The van der Waals surface area contributed by atoms with Crippen molar-refractivity contribution < 1.29 is 40.3 Å². The Bertz CT molecular complexity index is 1100. The van der Waals surface area contributed by atoms with Gasteiger partial charge < -0.3 is 15.4 Å². The molecule has 2 fully saturated rings. The zero-order chi connectivity index (χ0) is 27.8. The van der Waals surface area contributed by atoms with Crippen LogP contribution >= 0.6 is 0 Å². The Labute approximate surface area is 215 Å². The third-order valence-corrected chi connectivity index (χ3v) is 7.44. The number of piperidine rings is 1. The number of carbonyl (C=O) groups is 1. The van der Waals surface area contributed by atoms with Crippen molar-refractivity contribution in [1.29, 1.82) is 0 Å². The van der Waals surface area contributed by atoms with Crippen molar-refractivity contribution in [3.63, 3.8) is 0 Å². The summed E-state index contributed by atoms with van der Waals surface area (Å²) >= 11 is 0. The van der Waals surface area contributed by atoms with Crippen molar-refractivity contribution in [2.75, 3.05) is 13.1 Å². The summed E-state index contributed by atoms with van der Waals surface area (Å²) in [6, 6.07) is 6.98. The molecule has 4 nitrogen and oxygen atoms in total. The molecule has 4 rings (SSSR count). The number of likely N-dealkylation sites (tertiary alicyclic amines) is 1. The van der Waals surface area contributed by atoms with Crippen LogP contribution in [0.15, 0.2) is 42.5 Å². The van der Waals surface area contributed by atoms with Crippen LogP contribution in [-0.4, -0.2) is 36.0 Å². The van der Waals surface area contributed by atoms with Gasteiger partial charge in [0.05, 0.1) is 23.3 Å². The van der Waals surface area contributed by atoms with Crippen LogP contribution in [0, 0.1) is 11.7 Å². The van der Waals surface area contributed by atoms with Gasteiger partial charge in [0, 0.05) is 31.0 Å². The number of benzene rings is 2. The van der Waals surface area contributed by atoms with Gasteiger partial charge in [-0.05, 0) is 74.1 Å². The van der Waals surface area contributed by atoms with Crippen LogP contribution < -0.4 is 5.73 Å². The maximum Gasteiger partial charge on any atom is 0.416 e. The monoisotopic (exact) mass is 546 g/mol. The number of alkyl halides is 6. The Morgan fingerprint density at radius 1 is 0.974 bits per heavy atom. The van der Waals surface area contributed by atoms with E-state index in [4.69, 9.17) is 10.5 Å². The summed E-state index contributed by atoms with van der Waals surface area (Å²) in [5.74, 6) is -1.16. The topological polar surface area (TPSA) is 55.6 Å². The smallest absolute Gasteiger partial charge is 0.370 e. The summed E-state index contributed by atoms with van der Waals surface area (Å²) in [5, 5.41) is 0. The third kappa shape index (κ3) is 6.48. The molecule has 1 heterocycles. The average Bonchev–Trinajstić information content (AvgIpc) is 3.29. The van der Waals surface area contributed by atoms with Gasteiger partial charge in [-0.15, -0.1) is 0 Å². The Kier molecular flexibility index (Phi) is 8.09. The van der Waals surface area contributed by atoms with Crippen molar-refractivity contribution in [2.24, 2.45) is 11.7 Å². The largest absolute Gasteiger partial charge is 0.416 e. The van der Waals surface area contributed by atoms with E-state index in [1.54, 1.807) is 17.0 Å². The van der Waals surface area contributed by atoms with Gasteiger partial charge in [0.1, 0.15) is 5.82 Å². The Hall–Kier alpha value is -2.66. The standard InChI is InChI=1S/C27H29F7N2O2/c1-15(18-10-19(26(29,30)31)13-20(11-18)27(32,33)34)38-24-8-9-36(25(37)17-4-7-22(35)12-17)14-23(24)16-2-5-21(28)6-3-16/h2-3,5-6,10-11,13,15,17,22-24H,4,7-9,12,14,35H2,1H3/t15-,17+,22-,23-,24+/m1/s1. The molecule has 0 aromatic heterocycles. The Balaban J connectivity index is 1.59. The number of ether oxygens (including phenoxy) is 1. The summed E-state index contributed by atoms with van der Waals surface area (Å²) < 4.78 is 99.9. The van der Waals surface area contributed by atoms with Gasteiger partial charge in [-0.1, -0.05) is 12.1 Å². The molecule has 1 saturated heterocycles. The number of nitrogens with zero attached hydrogens (tertiary/aromatic N) is 1. The van der Waals surface area contributed by atoms with Crippen LogP contribution in [0.4, 0.5) is 30.7 Å². The van der Waals surface area contributed by atoms with Gasteiger partial charge in [0.25, 0.3) is 0 Å². The van der Waals surface area contributed by atoms with E-state index >= 15 is 0 Å². The van der Waals surface area contributed by atoms with Crippen LogP contribution in [-0.2, 0) is 21.9 Å². The van der Waals surface area contributed by atoms with Crippen molar-refractivity contribution >= 4 is 5.91 Å². The molecular formula is C27H29F7N2O2. The lowest BCUT2D eigenvalue weighted by atomic mass is 9.86. The quantitative estimate of drug-likeness (QED) is 0.439. The summed E-state index contributed by atoms with van der Waals surface area (Å²) in [4.78, 5) is 14.8. The first-order valence-electron chi connectivity index (χ1n) is 12.5. The third-order valence-electron chi connectivity index (χ3n) is 7.44. The first-order chi connectivity index (χ1) is 17.7. The predicted molar refractivity (Wildman–Crippen MR) is 125 cm³/mol. The first kappa shape index (κ1) is 28.4. The second-order valence-electron chi connectivity index (χ2n) is 10.2.